The summed E-state index contributed by atoms with van der Waals surface area (Å²) in [7, 11) is 0. The Bertz CT molecular complexity index is 511. The van der Waals surface area contributed by atoms with Gasteiger partial charge in [-0.25, -0.2) is 0 Å². The molecule has 0 aliphatic heterocycles. The summed E-state index contributed by atoms with van der Waals surface area (Å²) < 4.78 is 0. The van der Waals surface area contributed by atoms with Crippen LogP contribution in [0.5, 0.6) is 5.75 Å². The molecular weight excluding hydrogens is 240 g/mol. The van der Waals surface area contributed by atoms with Crippen LogP contribution in [0.3, 0.4) is 0 Å². The predicted octanol–water partition coefficient (Wildman–Crippen LogP) is 1.96. The van der Waals surface area contributed by atoms with Gasteiger partial charge in [-0.15, -0.1) is 0 Å². The van der Waals surface area contributed by atoms with Crippen LogP contribution in [-0.2, 0) is 4.79 Å². The number of aryl methyl sites for hydroxylation is 1. The van der Waals surface area contributed by atoms with Crippen molar-refractivity contribution < 1.29 is 9.90 Å². The Kier molecular flexibility index (Phi) is 3.90. The van der Waals surface area contributed by atoms with E-state index in [9.17, 15) is 9.90 Å². The molecule has 2 unspecified atom stereocenters. The first-order chi connectivity index (χ1) is 9.02. The first-order valence-corrected chi connectivity index (χ1v) is 6.57. The summed E-state index contributed by atoms with van der Waals surface area (Å²) in [6, 6.07) is 5.05. The highest BCUT2D eigenvalue weighted by atomic mass is 16.3. The van der Waals surface area contributed by atoms with Gasteiger partial charge in [0.2, 0.25) is 5.91 Å². The zero-order valence-corrected chi connectivity index (χ0v) is 11.3. The van der Waals surface area contributed by atoms with Gasteiger partial charge in [-0.2, -0.15) is 0 Å². The maximum Gasteiger partial charge on any atom is 0.233 e. The Labute approximate surface area is 113 Å². The van der Waals surface area contributed by atoms with E-state index in [0.29, 0.717) is 13.0 Å². The van der Waals surface area contributed by atoms with Crippen molar-refractivity contribution in [2.45, 2.75) is 26.3 Å². The van der Waals surface area contributed by atoms with E-state index >= 15 is 0 Å². The highest BCUT2D eigenvalue weighted by molar-refractivity contribution is 5.97. The monoisotopic (exact) mass is 260 g/mol. The van der Waals surface area contributed by atoms with Crippen molar-refractivity contribution in [3.05, 3.63) is 35.9 Å². The molecule has 0 radical (unpaired) electrons. The quantitative estimate of drug-likeness (QED) is 0.816. The molecule has 0 heterocycles. The lowest BCUT2D eigenvalue weighted by Crippen LogP contribution is -2.36. The number of nitrogens with two attached hydrogens (primary N) is 1. The number of phenolic OH excluding ortho intramolecular Hbond substituents is 1. The summed E-state index contributed by atoms with van der Waals surface area (Å²) in [5.41, 5.74) is 7.54. The molecule has 0 saturated heterocycles. The fraction of sp³-hybridized carbons (Fsp3) is 0.400. The van der Waals surface area contributed by atoms with E-state index in [1.165, 1.54) is 0 Å². The molecule has 0 bridgehead atoms. The summed E-state index contributed by atoms with van der Waals surface area (Å²) in [5, 5.41) is 9.60. The lowest BCUT2D eigenvalue weighted by atomic mass is 10.0. The van der Waals surface area contributed by atoms with E-state index in [-0.39, 0.29) is 23.6 Å². The van der Waals surface area contributed by atoms with Crippen LogP contribution < -0.4 is 10.6 Å². The molecule has 2 atom stereocenters. The van der Waals surface area contributed by atoms with E-state index in [0.717, 1.165) is 11.3 Å². The van der Waals surface area contributed by atoms with Gasteiger partial charge in [0.25, 0.3) is 0 Å². The molecule has 1 aromatic rings. The molecule has 19 heavy (non-hydrogen) atoms. The first-order valence-electron chi connectivity index (χ1n) is 6.57. The Morgan fingerprint density at radius 1 is 1.47 bits per heavy atom. The summed E-state index contributed by atoms with van der Waals surface area (Å²) in [6.45, 7) is 4.43. The average Bonchev–Trinajstić information content (AvgIpc) is 2.81. The summed E-state index contributed by atoms with van der Waals surface area (Å²) in [6.07, 6.45) is 4.42. The van der Waals surface area contributed by atoms with E-state index < -0.39 is 0 Å². The number of anilines is 1. The third-order valence-corrected chi connectivity index (χ3v) is 3.50. The lowest BCUT2D eigenvalue weighted by Gasteiger charge is -2.25. The molecular formula is C15H20N2O2. The van der Waals surface area contributed by atoms with Gasteiger partial charge >= 0.3 is 0 Å². The number of benzene rings is 1. The van der Waals surface area contributed by atoms with E-state index in [1.54, 1.807) is 17.0 Å². The van der Waals surface area contributed by atoms with Gasteiger partial charge in [-0.05, 0) is 31.9 Å². The second-order valence-electron chi connectivity index (χ2n) is 4.94. The van der Waals surface area contributed by atoms with Gasteiger partial charge in [0.1, 0.15) is 5.75 Å². The Balaban J connectivity index is 2.27. The van der Waals surface area contributed by atoms with Gasteiger partial charge in [0.15, 0.2) is 0 Å². The molecule has 102 valence electrons. The minimum absolute atomic E-state index is 0.0297. The van der Waals surface area contributed by atoms with Crippen LogP contribution in [-0.4, -0.2) is 23.6 Å². The summed E-state index contributed by atoms with van der Waals surface area (Å²) in [5.74, 6) is 0.0580. The van der Waals surface area contributed by atoms with Crippen LogP contribution in [0.25, 0.3) is 0 Å². The van der Waals surface area contributed by atoms with Crippen LogP contribution in [0.15, 0.2) is 30.4 Å². The third-order valence-electron chi connectivity index (χ3n) is 3.50. The number of carbonyl (C=O) groups excluding carboxylic acids is 1. The molecule has 2 rings (SSSR count). The maximum atomic E-state index is 12.5. The van der Waals surface area contributed by atoms with Crippen molar-refractivity contribution in [2.75, 3.05) is 11.4 Å². The number of hydrogen-bond acceptors (Lipinski definition) is 3. The molecule has 0 spiro atoms. The van der Waals surface area contributed by atoms with Crippen molar-refractivity contribution >= 4 is 11.6 Å². The molecule has 4 heteroatoms. The van der Waals surface area contributed by atoms with Crippen LogP contribution in [0.4, 0.5) is 5.69 Å². The van der Waals surface area contributed by atoms with Gasteiger partial charge in [-0.1, -0.05) is 18.2 Å². The smallest absolute Gasteiger partial charge is 0.233 e. The fourth-order valence-corrected chi connectivity index (χ4v) is 2.44. The van der Waals surface area contributed by atoms with Crippen LogP contribution in [0, 0.1) is 12.8 Å². The zero-order chi connectivity index (χ0) is 14.0. The second-order valence-corrected chi connectivity index (χ2v) is 4.94. The van der Waals surface area contributed by atoms with Gasteiger partial charge in [0, 0.05) is 18.7 Å². The average molecular weight is 260 g/mol. The highest BCUT2D eigenvalue weighted by Gasteiger charge is 2.27. The zero-order valence-electron chi connectivity index (χ0n) is 11.3. The van der Waals surface area contributed by atoms with E-state index in [2.05, 4.69) is 0 Å². The minimum Gasteiger partial charge on any atom is -0.508 e. The van der Waals surface area contributed by atoms with Crippen LogP contribution >= 0.6 is 0 Å². The number of aromatic hydroxyl groups is 1. The van der Waals surface area contributed by atoms with Gasteiger partial charge in [-0.3, -0.25) is 4.79 Å². The highest BCUT2D eigenvalue weighted by Crippen LogP contribution is 2.28. The molecule has 3 N–H and O–H groups in total. The number of nitrogens with zero attached hydrogens (tertiary/aromatic N) is 1. The summed E-state index contributed by atoms with van der Waals surface area (Å²) >= 11 is 0. The Morgan fingerprint density at radius 2 is 2.21 bits per heavy atom. The van der Waals surface area contributed by atoms with Crippen LogP contribution in [0.1, 0.15) is 18.9 Å². The molecule has 4 nitrogen and oxygen atoms in total. The normalized spacial score (nSPS) is 21.6. The fourth-order valence-electron chi connectivity index (χ4n) is 2.44. The topological polar surface area (TPSA) is 66.6 Å². The van der Waals surface area contributed by atoms with Crippen molar-refractivity contribution in [3.8, 4) is 5.75 Å². The number of amides is 1. The van der Waals surface area contributed by atoms with Gasteiger partial charge < -0.3 is 15.7 Å². The third kappa shape index (κ3) is 2.79. The predicted molar refractivity (Wildman–Crippen MR) is 76.1 cm³/mol. The SMILES string of the molecule is CCN(C(=O)C1C=CC(N)C1)c1cc(O)ccc1C. The molecule has 0 fully saturated rings. The first kappa shape index (κ1) is 13.6. The standard InChI is InChI=1S/C15H20N2O2/c1-3-17(14-9-13(18)7-4-10(14)2)15(19)11-5-6-12(16)8-11/h4-7,9,11-12,18H,3,8,16H2,1-2H3. The lowest BCUT2D eigenvalue weighted by molar-refractivity contribution is -0.121. The largest absolute Gasteiger partial charge is 0.508 e. The van der Waals surface area contributed by atoms with E-state index in [1.807, 2.05) is 32.1 Å². The van der Waals surface area contributed by atoms with E-state index in [4.69, 9.17) is 5.73 Å². The van der Waals surface area contributed by atoms with Gasteiger partial charge in [0.05, 0.1) is 11.6 Å². The van der Waals surface area contributed by atoms with Crippen molar-refractivity contribution in [2.24, 2.45) is 11.7 Å². The minimum atomic E-state index is -0.156. The number of carbonyl (C=O) groups is 1. The molecule has 0 aromatic heterocycles. The number of rotatable bonds is 3. The second kappa shape index (κ2) is 5.45. The van der Waals surface area contributed by atoms with Crippen molar-refractivity contribution in [3.63, 3.8) is 0 Å². The molecule has 1 aliphatic rings. The Morgan fingerprint density at radius 3 is 2.79 bits per heavy atom. The molecule has 0 saturated carbocycles. The molecule has 1 aliphatic carbocycles. The Hall–Kier alpha value is -1.81. The maximum absolute atomic E-state index is 12.5. The number of hydrogen-bond donors (Lipinski definition) is 2. The van der Waals surface area contributed by atoms with Crippen molar-refractivity contribution in [1.82, 2.24) is 0 Å². The van der Waals surface area contributed by atoms with Crippen molar-refractivity contribution in [1.29, 1.82) is 0 Å². The summed E-state index contributed by atoms with van der Waals surface area (Å²) in [4.78, 5) is 14.2. The van der Waals surface area contributed by atoms with Crippen LogP contribution in [0.2, 0.25) is 0 Å². The molecule has 1 amide bonds. The number of phenols is 1. The molecule has 1 aromatic carbocycles.